The molecule has 0 fully saturated rings. The Hall–Kier alpha value is -3.55. The van der Waals surface area contributed by atoms with Gasteiger partial charge in [0, 0.05) is 23.5 Å². The van der Waals surface area contributed by atoms with Crippen molar-refractivity contribution in [2.24, 2.45) is 0 Å². The standard InChI is InChI=1S/C26H27ClN2O5/c1-3-32-15-16-33-22-8-6-7-19(17-22)26(31)29-21-13-11-20(12-14-21)28-25(30)18(2)34-24-10-5-4-9-23(24)27/h4-14,17-18H,3,15-16H2,1-2H3,(H,28,30)(H,29,31). The molecule has 0 bridgehead atoms. The Labute approximate surface area is 204 Å². The summed E-state index contributed by atoms with van der Waals surface area (Å²) in [5.74, 6) is 0.443. The van der Waals surface area contributed by atoms with Crippen molar-refractivity contribution in [3.05, 3.63) is 83.4 Å². The van der Waals surface area contributed by atoms with Crippen LogP contribution in [0.4, 0.5) is 11.4 Å². The molecule has 1 atom stereocenters. The maximum Gasteiger partial charge on any atom is 0.265 e. The van der Waals surface area contributed by atoms with Crippen LogP contribution in [0.15, 0.2) is 72.8 Å². The lowest BCUT2D eigenvalue weighted by molar-refractivity contribution is -0.122. The van der Waals surface area contributed by atoms with E-state index in [9.17, 15) is 9.59 Å². The fourth-order valence-electron chi connectivity index (χ4n) is 2.96. The number of para-hydroxylation sites is 1. The zero-order valence-electron chi connectivity index (χ0n) is 19.0. The number of anilines is 2. The Kier molecular flexibility index (Phi) is 9.31. The maximum absolute atomic E-state index is 12.6. The van der Waals surface area contributed by atoms with Gasteiger partial charge in [0.2, 0.25) is 0 Å². The smallest absolute Gasteiger partial charge is 0.265 e. The van der Waals surface area contributed by atoms with Crippen LogP contribution in [0, 0.1) is 0 Å². The monoisotopic (exact) mass is 482 g/mol. The average Bonchev–Trinajstić information content (AvgIpc) is 2.84. The number of halogens is 1. The fraction of sp³-hybridized carbons (Fsp3) is 0.231. The summed E-state index contributed by atoms with van der Waals surface area (Å²) >= 11 is 6.08. The van der Waals surface area contributed by atoms with Gasteiger partial charge in [0.15, 0.2) is 6.10 Å². The third-order valence-corrected chi connectivity index (χ3v) is 5.03. The highest BCUT2D eigenvalue weighted by molar-refractivity contribution is 6.32. The average molecular weight is 483 g/mol. The Morgan fingerprint density at radius 3 is 2.32 bits per heavy atom. The van der Waals surface area contributed by atoms with Crippen molar-refractivity contribution in [2.75, 3.05) is 30.5 Å². The van der Waals surface area contributed by atoms with Crippen molar-refractivity contribution < 1.29 is 23.8 Å². The number of rotatable bonds is 11. The van der Waals surface area contributed by atoms with Crippen LogP contribution in [0.2, 0.25) is 5.02 Å². The first-order valence-electron chi connectivity index (χ1n) is 10.9. The molecule has 0 saturated heterocycles. The Bertz CT molecular complexity index is 1100. The number of hydrogen-bond donors (Lipinski definition) is 2. The van der Waals surface area contributed by atoms with Crippen LogP contribution in [0.5, 0.6) is 11.5 Å². The molecule has 8 heteroatoms. The molecule has 0 radical (unpaired) electrons. The Balaban J connectivity index is 1.52. The molecule has 0 heterocycles. The summed E-state index contributed by atoms with van der Waals surface area (Å²) in [6.45, 7) is 5.09. The predicted octanol–water partition coefficient (Wildman–Crippen LogP) is 5.41. The minimum Gasteiger partial charge on any atom is -0.491 e. The third kappa shape index (κ3) is 7.50. The van der Waals surface area contributed by atoms with Gasteiger partial charge < -0.3 is 24.8 Å². The van der Waals surface area contributed by atoms with Gasteiger partial charge in [-0.3, -0.25) is 9.59 Å². The summed E-state index contributed by atoms with van der Waals surface area (Å²) in [6, 6.07) is 20.7. The third-order valence-electron chi connectivity index (χ3n) is 4.72. The van der Waals surface area contributed by atoms with Crippen molar-refractivity contribution in [1.29, 1.82) is 0 Å². The van der Waals surface area contributed by atoms with Gasteiger partial charge in [-0.05, 0) is 68.4 Å². The summed E-state index contributed by atoms with van der Waals surface area (Å²) < 4.78 is 16.5. The molecule has 3 aromatic rings. The van der Waals surface area contributed by atoms with Crippen LogP contribution in [-0.2, 0) is 9.53 Å². The van der Waals surface area contributed by atoms with Gasteiger partial charge in [-0.1, -0.05) is 29.8 Å². The first kappa shape index (κ1) is 25.1. The van der Waals surface area contributed by atoms with E-state index in [1.54, 1.807) is 79.7 Å². The second-order valence-electron chi connectivity index (χ2n) is 7.28. The molecule has 0 aromatic heterocycles. The van der Waals surface area contributed by atoms with Crippen LogP contribution in [0.25, 0.3) is 0 Å². The molecule has 0 saturated carbocycles. The minimum atomic E-state index is -0.748. The lowest BCUT2D eigenvalue weighted by Gasteiger charge is -2.16. The zero-order chi connectivity index (χ0) is 24.3. The van der Waals surface area contributed by atoms with E-state index in [0.29, 0.717) is 53.3 Å². The highest BCUT2D eigenvalue weighted by atomic mass is 35.5. The van der Waals surface area contributed by atoms with Gasteiger partial charge in [-0.15, -0.1) is 0 Å². The number of carbonyl (C=O) groups excluding carboxylic acids is 2. The van der Waals surface area contributed by atoms with Crippen molar-refractivity contribution in [1.82, 2.24) is 0 Å². The summed E-state index contributed by atoms with van der Waals surface area (Å²) in [7, 11) is 0. The number of carbonyl (C=O) groups is 2. The van der Waals surface area contributed by atoms with E-state index in [0.717, 1.165) is 0 Å². The highest BCUT2D eigenvalue weighted by Crippen LogP contribution is 2.24. The molecule has 1 unspecified atom stereocenters. The van der Waals surface area contributed by atoms with E-state index < -0.39 is 6.10 Å². The number of benzene rings is 3. The van der Waals surface area contributed by atoms with Crippen LogP contribution in [0.3, 0.4) is 0 Å². The summed E-state index contributed by atoms with van der Waals surface area (Å²) in [5, 5.41) is 6.05. The van der Waals surface area contributed by atoms with E-state index in [2.05, 4.69) is 10.6 Å². The Morgan fingerprint density at radius 2 is 1.62 bits per heavy atom. The zero-order valence-corrected chi connectivity index (χ0v) is 19.8. The summed E-state index contributed by atoms with van der Waals surface area (Å²) in [6.07, 6.45) is -0.748. The number of nitrogens with one attached hydrogen (secondary N) is 2. The maximum atomic E-state index is 12.6. The summed E-state index contributed by atoms with van der Waals surface area (Å²) in [5.41, 5.74) is 1.63. The van der Waals surface area contributed by atoms with E-state index in [4.69, 9.17) is 25.8 Å². The second kappa shape index (κ2) is 12.6. The van der Waals surface area contributed by atoms with Gasteiger partial charge in [0.05, 0.1) is 11.6 Å². The summed E-state index contributed by atoms with van der Waals surface area (Å²) in [4.78, 5) is 25.1. The van der Waals surface area contributed by atoms with Gasteiger partial charge in [0.1, 0.15) is 18.1 Å². The predicted molar refractivity (Wildman–Crippen MR) is 133 cm³/mol. The highest BCUT2D eigenvalue weighted by Gasteiger charge is 2.16. The first-order valence-corrected chi connectivity index (χ1v) is 11.3. The van der Waals surface area contributed by atoms with Crippen molar-refractivity contribution in [3.8, 4) is 11.5 Å². The molecular formula is C26H27ClN2O5. The molecule has 3 aromatic carbocycles. The topological polar surface area (TPSA) is 85.9 Å². The lowest BCUT2D eigenvalue weighted by Crippen LogP contribution is -2.30. The second-order valence-corrected chi connectivity index (χ2v) is 7.69. The van der Waals surface area contributed by atoms with Crippen molar-refractivity contribution in [3.63, 3.8) is 0 Å². The molecule has 34 heavy (non-hydrogen) atoms. The number of ether oxygens (including phenoxy) is 3. The van der Waals surface area contributed by atoms with Crippen molar-refractivity contribution in [2.45, 2.75) is 20.0 Å². The number of amides is 2. The molecule has 0 aliphatic rings. The lowest BCUT2D eigenvalue weighted by atomic mass is 10.2. The van der Waals surface area contributed by atoms with E-state index in [1.807, 2.05) is 6.92 Å². The van der Waals surface area contributed by atoms with Gasteiger partial charge >= 0.3 is 0 Å². The van der Waals surface area contributed by atoms with Gasteiger partial charge in [-0.2, -0.15) is 0 Å². The molecule has 7 nitrogen and oxygen atoms in total. The minimum absolute atomic E-state index is 0.270. The fourth-order valence-corrected chi connectivity index (χ4v) is 3.14. The quantitative estimate of drug-likeness (QED) is 0.357. The Morgan fingerprint density at radius 1 is 0.912 bits per heavy atom. The molecule has 3 rings (SSSR count). The van der Waals surface area contributed by atoms with Crippen LogP contribution in [-0.4, -0.2) is 37.7 Å². The van der Waals surface area contributed by atoms with Crippen LogP contribution >= 0.6 is 11.6 Å². The van der Waals surface area contributed by atoms with Gasteiger partial charge in [-0.25, -0.2) is 0 Å². The SMILES string of the molecule is CCOCCOc1cccc(C(=O)Nc2ccc(NC(=O)C(C)Oc3ccccc3Cl)cc2)c1. The van der Waals surface area contributed by atoms with Gasteiger partial charge in [0.25, 0.3) is 11.8 Å². The molecule has 0 spiro atoms. The molecule has 0 aliphatic carbocycles. The van der Waals surface area contributed by atoms with Crippen molar-refractivity contribution >= 4 is 34.8 Å². The largest absolute Gasteiger partial charge is 0.491 e. The molecule has 2 N–H and O–H groups in total. The van der Waals surface area contributed by atoms with E-state index in [-0.39, 0.29) is 11.8 Å². The molecule has 2 amide bonds. The molecule has 0 aliphatic heterocycles. The van der Waals surface area contributed by atoms with E-state index >= 15 is 0 Å². The first-order chi connectivity index (χ1) is 16.5. The normalized spacial score (nSPS) is 11.4. The number of hydrogen-bond acceptors (Lipinski definition) is 5. The molecular weight excluding hydrogens is 456 g/mol. The molecule has 178 valence electrons. The van der Waals surface area contributed by atoms with Crippen LogP contribution in [0.1, 0.15) is 24.2 Å². The van der Waals surface area contributed by atoms with Crippen LogP contribution < -0.4 is 20.1 Å². The van der Waals surface area contributed by atoms with E-state index in [1.165, 1.54) is 0 Å².